The zero-order valence-electron chi connectivity index (χ0n) is 12.3. The molecule has 0 saturated carbocycles. The van der Waals surface area contributed by atoms with Crippen LogP contribution in [0.4, 0.5) is 4.79 Å². The first-order chi connectivity index (χ1) is 10.7. The molecule has 0 spiro atoms. The van der Waals surface area contributed by atoms with Crippen LogP contribution in [-0.2, 0) is 6.54 Å². The van der Waals surface area contributed by atoms with E-state index in [2.05, 4.69) is 5.32 Å². The van der Waals surface area contributed by atoms with Crippen molar-refractivity contribution >= 4 is 17.4 Å². The Balaban J connectivity index is 1.47. The van der Waals surface area contributed by atoms with Gasteiger partial charge in [0.1, 0.15) is 6.61 Å². The molecular weight excluding hydrogens is 300 g/mol. The van der Waals surface area contributed by atoms with Crippen molar-refractivity contribution in [3.8, 4) is 11.5 Å². The van der Waals surface area contributed by atoms with Crippen molar-refractivity contribution < 1.29 is 14.3 Å². The quantitative estimate of drug-likeness (QED) is 0.943. The number of amides is 2. The number of nitrogens with zero attached hydrogens (tertiary/aromatic N) is 1. The van der Waals surface area contributed by atoms with Crippen molar-refractivity contribution in [3.05, 3.63) is 46.7 Å². The highest BCUT2D eigenvalue weighted by Crippen LogP contribution is 2.30. The van der Waals surface area contributed by atoms with Crippen molar-refractivity contribution in [2.75, 3.05) is 20.2 Å². The van der Waals surface area contributed by atoms with E-state index in [9.17, 15) is 4.79 Å². The molecule has 5 nitrogen and oxygen atoms in total. The van der Waals surface area contributed by atoms with Gasteiger partial charge in [0.25, 0.3) is 0 Å². The van der Waals surface area contributed by atoms with Crippen LogP contribution in [0.15, 0.2) is 41.1 Å². The molecule has 2 aromatic rings. The van der Waals surface area contributed by atoms with E-state index in [4.69, 9.17) is 9.47 Å². The Hall–Kier alpha value is -2.21. The fraction of sp³-hybridized carbons (Fsp3) is 0.312. The predicted molar refractivity (Wildman–Crippen MR) is 85.5 cm³/mol. The lowest BCUT2D eigenvalue weighted by Gasteiger charge is -2.27. The van der Waals surface area contributed by atoms with E-state index in [1.807, 2.05) is 41.1 Å². The smallest absolute Gasteiger partial charge is 0.317 e. The summed E-state index contributed by atoms with van der Waals surface area (Å²) in [7, 11) is 1.78. The lowest BCUT2D eigenvalue weighted by atomic mass is 10.2. The molecular formula is C16H18N2O3S. The molecule has 1 N–H and O–H groups in total. The molecule has 116 valence electrons. The number of carbonyl (C=O) groups excluding carboxylic acids is 1. The number of para-hydroxylation sites is 2. The minimum Gasteiger partial charge on any atom is -0.486 e. The van der Waals surface area contributed by atoms with E-state index >= 15 is 0 Å². The Labute approximate surface area is 133 Å². The molecule has 0 fully saturated rings. The first-order valence-corrected chi connectivity index (χ1v) is 8.05. The Morgan fingerprint density at radius 1 is 1.36 bits per heavy atom. The van der Waals surface area contributed by atoms with Crippen LogP contribution in [0.3, 0.4) is 0 Å². The summed E-state index contributed by atoms with van der Waals surface area (Å²) in [6, 6.07) is 9.45. The molecule has 3 rings (SSSR count). The summed E-state index contributed by atoms with van der Waals surface area (Å²) in [4.78, 5) is 13.7. The number of benzene rings is 1. The van der Waals surface area contributed by atoms with Crippen LogP contribution in [0.5, 0.6) is 11.5 Å². The van der Waals surface area contributed by atoms with E-state index in [-0.39, 0.29) is 12.1 Å². The van der Waals surface area contributed by atoms with Crippen molar-refractivity contribution in [1.29, 1.82) is 0 Å². The topological polar surface area (TPSA) is 50.8 Å². The number of hydrogen-bond donors (Lipinski definition) is 1. The molecule has 0 saturated heterocycles. The monoisotopic (exact) mass is 318 g/mol. The summed E-state index contributed by atoms with van der Waals surface area (Å²) in [6.45, 7) is 1.45. The van der Waals surface area contributed by atoms with Gasteiger partial charge in [-0.1, -0.05) is 12.1 Å². The predicted octanol–water partition coefficient (Wildman–Crippen LogP) is 2.73. The summed E-state index contributed by atoms with van der Waals surface area (Å²) in [5, 5.41) is 6.93. The van der Waals surface area contributed by atoms with Gasteiger partial charge in [-0.05, 0) is 34.5 Å². The number of urea groups is 1. The first-order valence-electron chi connectivity index (χ1n) is 7.11. The number of rotatable bonds is 4. The molecule has 6 heteroatoms. The largest absolute Gasteiger partial charge is 0.486 e. The van der Waals surface area contributed by atoms with Crippen LogP contribution >= 0.6 is 11.3 Å². The molecule has 0 radical (unpaired) electrons. The SMILES string of the molecule is CN(Cc1ccsc1)C(=O)NCC1COc2ccccc2O1. The fourth-order valence-electron chi connectivity index (χ4n) is 2.23. The Morgan fingerprint density at radius 3 is 2.95 bits per heavy atom. The zero-order chi connectivity index (χ0) is 15.4. The van der Waals surface area contributed by atoms with E-state index in [1.54, 1.807) is 23.3 Å². The molecule has 1 aromatic heterocycles. The standard InChI is InChI=1S/C16H18N2O3S/c1-18(9-12-6-7-22-11-12)16(19)17-8-13-10-20-14-4-2-3-5-15(14)21-13/h2-7,11,13H,8-10H2,1H3,(H,17,19). The molecule has 22 heavy (non-hydrogen) atoms. The first kappa shape index (κ1) is 14.7. The van der Waals surface area contributed by atoms with Gasteiger partial charge in [-0.2, -0.15) is 11.3 Å². The van der Waals surface area contributed by atoms with Gasteiger partial charge in [0.05, 0.1) is 6.54 Å². The molecule has 0 bridgehead atoms. The molecule has 1 unspecified atom stereocenters. The average Bonchev–Trinajstić information content (AvgIpc) is 3.05. The number of ether oxygens (including phenoxy) is 2. The summed E-state index contributed by atoms with van der Waals surface area (Å²) >= 11 is 1.63. The van der Waals surface area contributed by atoms with Crippen LogP contribution in [0.25, 0.3) is 0 Å². The minimum atomic E-state index is -0.173. The summed E-state index contributed by atoms with van der Waals surface area (Å²) in [5.41, 5.74) is 1.13. The molecule has 1 atom stereocenters. The van der Waals surface area contributed by atoms with Gasteiger partial charge in [0, 0.05) is 13.6 Å². The van der Waals surface area contributed by atoms with Gasteiger partial charge in [0.15, 0.2) is 17.6 Å². The molecule has 2 heterocycles. The second-order valence-corrected chi connectivity index (χ2v) is 5.95. The van der Waals surface area contributed by atoms with Crippen LogP contribution in [0.2, 0.25) is 0 Å². The number of thiophene rings is 1. The number of carbonyl (C=O) groups is 1. The van der Waals surface area contributed by atoms with Gasteiger partial charge in [-0.25, -0.2) is 4.79 Å². The van der Waals surface area contributed by atoms with Crippen molar-refractivity contribution in [2.24, 2.45) is 0 Å². The third kappa shape index (κ3) is 3.51. The maximum absolute atomic E-state index is 12.1. The summed E-state index contributed by atoms with van der Waals surface area (Å²) in [5.74, 6) is 1.47. The van der Waals surface area contributed by atoms with Crippen LogP contribution in [0, 0.1) is 0 Å². The highest BCUT2D eigenvalue weighted by atomic mass is 32.1. The molecule has 1 aromatic carbocycles. The van der Waals surface area contributed by atoms with Crippen LogP contribution < -0.4 is 14.8 Å². The van der Waals surface area contributed by atoms with Crippen LogP contribution in [-0.4, -0.2) is 37.2 Å². The third-order valence-electron chi connectivity index (χ3n) is 3.40. The van der Waals surface area contributed by atoms with E-state index in [0.29, 0.717) is 19.7 Å². The number of nitrogens with one attached hydrogen (secondary N) is 1. The Morgan fingerprint density at radius 2 is 2.18 bits per heavy atom. The highest BCUT2D eigenvalue weighted by molar-refractivity contribution is 7.07. The maximum atomic E-state index is 12.1. The van der Waals surface area contributed by atoms with Gasteiger partial charge in [0.2, 0.25) is 0 Å². The number of fused-ring (bicyclic) bond motifs is 1. The lowest BCUT2D eigenvalue weighted by molar-refractivity contribution is 0.0904. The van der Waals surface area contributed by atoms with Crippen LogP contribution in [0.1, 0.15) is 5.56 Å². The highest BCUT2D eigenvalue weighted by Gasteiger charge is 2.21. The molecule has 1 aliphatic heterocycles. The average molecular weight is 318 g/mol. The maximum Gasteiger partial charge on any atom is 0.317 e. The second kappa shape index (κ2) is 6.70. The fourth-order valence-corrected chi connectivity index (χ4v) is 2.89. The van der Waals surface area contributed by atoms with Crippen molar-refractivity contribution in [2.45, 2.75) is 12.6 Å². The third-order valence-corrected chi connectivity index (χ3v) is 4.13. The normalized spacial score (nSPS) is 16.1. The minimum absolute atomic E-state index is 0.117. The summed E-state index contributed by atoms with van der Waals surface area (Å²) in [6.07, 6.45) is -0.173. The number of hydrogen-bond acceptors (Lipinski definition) is 4. The second-order valence-electron chi connectivity index (χ2n) is 5.17. The van der Waals surface area contributed by atoms with Crippen molar-refractivity contribution in [1.82, 2.24) is 10.2 Å². The zero-order valence-corrected chi connectivity index (χ0v) is 13.1. The van der Waals surface area contributed by atoms with Gasteiger partial charge in [-0.15, -0.1) is 0 Å². The van der Waals surface area contributed by atoms with E-state index < -0.39 is 0 Å². The Kier molecular flexibility index (Phi) is 4.48. The lowest BCUT2D eigenvalue weighted by Crippen LogP contribution is -2.44. The van der Waals surface area contributed by atoms with E-state index in [1.165, 1.54) is 0 Å². The molecule has 0 aliphatic carbocycles. The van der Waals surface area contributed by atoms with Crippen molar-refractivity contribution in [3.63, 3.8) is 0 Å². The summed E-state index contributed by atoms with van der Waals surface area (Å²) < 4.78 is 11.4. The van der Waals surface area contributed by atoms with Gasteiger partial charge >= 0.3 is 6.03 Å². The van der Waals surface area contributed by atoms with Gasteiger partial charge in [-0.3, -0.25) is 0 Å². The Bertz CT molecular complexity index is 630. The van der Waals surface area contributed by atoms with Gasteiger partial charge < -0.3 is 19.7 Å². The van der Waals surface area contributed by atoms with E-state index in [0.717, 1.165) is 17.1 Å². The molecule has 1 aliphatic rings. The molecule has 2 amide bonds.